The van der Waals surface area contributed by atoms with Crippen molar-refractivity contribution in [2.24, 2.45) is 0 Å². The molecule has 0 amide bonds. The van der Waals surface area contributed by atoms with E-state index < -0.39 is 16.4 Å². The minimum absolute atomic E-state index is 0.235. The van der Waals surface area contributed by atoms with Crippen molar-refractivity contribution in [3.05, 3.63) is 79.7 Å². The summed E-state index contributed by atoms with van der Waals surface area (Å²) in [6.45, 7) is 1.37. The summed E-state index contributed by atoms with van der Waals surface area (Å²) in [6.07, 6.45) is 2.08. The lowest BCUT2D eigenvalue weighted by atomic mass is 10.1. The van der Waals surface area contributed by atoms with Gasteiger partial charge in [-0.3, -0.25) is 19.8 Å². The first-order valence-electron chi connectivity index (χ1n) is 8.32. The van der Waals surface area contributed by atoms with E-state index in [1.807, 2.05) is 4.90 Å². The van der Waals surface area contributed by atoms with Crippen molar-refractivity contribution in [3.8, 4) is 11.6 Å². The summed E-state index contributed by atoms with van der Waals surface area (Å²) < 4.78 is 18.8. The molecule has 1 aliphatic heterocycles. The van der Waals surface area contributed by atoms with Crippen LogP contribution in [-0.4, -0.2) is 26.3 Å². The SMILES string of the molecule is O=c1[nH]c(-c2ccco2)nc2c1CN(Cc1ccc(F)c([N+](=O)[O-])c1)CC2. The van der Waals surface area contributed by atoms with Crippen molar-refractivity contribution < 1.29 is 13.7 Å². The van der Waals surface area contributed by atoms with E-state index in [4.69, 9.17) is 4.42 Å². The zero-order chi connectivity index (χ0) is 19.0. The van der Waals surface area contributed by atoms with Gasteiger partial charge < -0.3 is 9.40 Å². The molecule has 0 fully saturated rings. The van der Waals surface area contributed by atoms with Crippen LogP contribution in [0.2, 0.25) is 0 Å². The Labute approximate surface area is 152 Å². The van der Waals surface area contributed by atoms with E-state index in [9.17, 15) is 19.3 Å². The van der Waals surface area contributed by atoms with Crippen LogP contribution in [0.25, 0.3) is 11.6 Å². The second-order valence-electron chi connectivity index (χ2n) is 6.32. The van der Waals surface area contributed by atoms with E-state index in [0.717, 1.165) is 6.07 Å². The summed E-state index contributed by atoms with van der Waals surface area (Å²) in [6, 6.07) is 7.28. The predicted molar refractivity (Wildman–Crippen MR) is 93.4 cm³/mol. The van der Waals surface area contributed by atoms with Gasteiger partial charge in [-0.2, -0.15) is 4.39 Å². The van der Waals surface area contributed by atoms with Gasteiger partial charge in [0.15, 0.2) is 11.6 Å². The number of hydrogen-bond donors (Lipinski definition) is 1. The van der Waals surface area contributed by atoms with E-state index in [0.29, 0.717) is 54.5 Å². The van der Waals surface area contributed by atoms with Crippen LogP contribution < -0.4 is 5.56 Å². The smallest absolute Gasteiger partial charge is 0.305 e. The molecule has 2 aromatic heterocycles. The van der Waals surface area contributed by atoms with Crippen LogP contribution in [0.15, 0.2) is 45.8 Å². The third-order valence-corrected chi connectivity index (χ3v) is 4.52. The summed E-state index contributed by atoms with van der Waals surface area (Å²) >= 11 is 0. The number of nitrogens with one attached hydrogen (secondary N) is 1. The fourth-order valence-electron chi connectivity index (χ4n) is 3.20. The molecule has 9 heteroatoms. The predicted octanol–water partition coefficient (Wildman–Crippen LogP) is 2.64. The molecule has 0 bridgehead atoms. The molecule has 3 heterocycles. The quantitative estimate of drug-likeness (QED) is 0.559. The number of aromatic amines is 1. The van der Waals surface area contributed by atoms with Crippen molar-refractivity contribution in [2.75, 3.05) is 6.54 Å². The molecular formula is C18H15FN4O4. The second kappa shape index (κ2) is 6.76. The van der Waals surface area contributed by atoms with Crippen molar-refractivity contribution in [1.29, 1.82) is 0 Å². The fraction of sp³-hybridized carbons (Fsp3) is 0.222. The number of furan rings is 1. The fourth-order valence-corrected chi connectivity index (χ4v) is 3.20. The van der Waals surface area contributed by atoms with E-state index >= 15 is 0 Å². The molecule has 3 aromatic rings. The maximum absolute atomic E-state index is 13.5. The summed E-state index contributed by atoms with van der Waals surface area (Å²) in [7, 11) is 0. The topological polar surface area (TPSA) is 105 Å². The Morgan fingerprint density at radius 1 is 1.37 bits per heavy atom. The number of aromatic nitrogens is 2. The first-order valence-corrected chi connectivity index (χ1v) is 8.32. The largest absolute Gasteiger partial charge is 0.461 e. The highest BCUT2D eigenvalue weighted by Crippen LogP contribution is 2.23. The number of hydrogen-bond acceptors (Lipinski definition) is 6. The molecule has 1 aromatic carbocycles. The normalized spacial score (nSPS) is 14.1. The monoisotopic (exact) mass is 370 g/mol. The molecule has 1 N–H and O–H groups in total. The van der Waals surface area contributed by atoms with Gasteiger partial charge in [-0.1, -0.05) is 6.07 Å². The highest BCUT2D eigenvalue weighted by Gasteiger charge is 2.23. The van der Waals surface area contributed by atoms with Crippen LogP contribution in [0.1, 0.15) is 16.8 Å². The molecule has 4 rings (SSSR count). The lowest BCUT2D eigenvalue weighted by Gasteiger charge is -2.27. The Bertz CT molecular complexity index is 1060. The van der Waals surface area contributed by atoms with Gasteiger partial charge in [-0.15, -0.1) is 0 Å². The first kappa shape index (κ1) is 17.1. The molecule has 0 spiro atoms. The Hall–Kier alpha value is -3.33. The number of H-pyrrole nitrogens is 1. The van der Waals surface area contributed by atoms with Crippen molar-refractivity contribution in [2.45, 2.75) is 19.5 Å². The highest BCUT2D eigenvalue weighted by atomic mass is 19.1. The number of nitro benzene ring substituents is 1. The standard InChI is InChI=1S/C18H15FN4O4/c19-13-4-3-11(8-15(13)23(25)26)9-22-6-5-14-12(10-22)18(24)21-17(20-14)16-2-1-7-27-16/h1-4,7-8H,5-6,9-10H2,(H,20,21,24). The van der Waals surface area contributed by atoms with E-state index in [1.165, 1.54) is 18.4 Å². The molecule has 0 saturated heterocycles. The van der Waals surface area contributed by atoms with Gasteiger partial charge in [0.2, 0.25) is 5.82 Å². The lowest BCUT2D eigenvalue weighted by Crippen LogP contribution is -2.35. The number of rotatable bonds is 4. The van der Waals surface area contributed by atoms with Crippen molar-refractivity contribution >= 4 is 5.69 Å². The molecule has 0 saturated carbocycles. The van der Waals surface area contributed by atoms with Crippen LogP contribution in [0.5, 0.6) is 0 Å². The van der Waals surface area contributed by atoms with Crippen LogP contribution in [-0.2, 0) is 19.5 Å². The third-order valence-electron chi connectivity index (χ3n) is 4.52. The number of benzene rings is 1. The van der Waals surface area contributed by atoms with Gasteiger partial charge in [-0.05, 0) is 23.8 Å². The summed E-state index contributed by atoms with van der Waals surface area (Å²) in [5.74, 6) is 0.0288. The zero-order valence-corrected chi connectivity index (χ0v) is 14.1. The maximum Gasteiger partial charge on any atom is 0.305 e. The maximum atomic E-state index is 13.5. The van der Waals surface area contributed by atoms with Gasteiger partial charge >= 0.3 is 5.69 Å². The van der Waals surface area contributed by atoms with Crippen LogP contribution in [0.4, 0.5) is 10.1 Å². The summed E-state index contributed by atoms with van der Waals surface area (Å²) in [4.78, 5) is 31.8. The average molecular weight is 370 g/mol. The Kier molecular flexibility index (Phi) is 4.28. The molecule has 0 aliphatic carbocycles. The van der Waals surface area contributed by atoms with Crippen LogP contribution in [0.3, 0.4) is 0 Å². The second-order valence-corrected chi connectivity index (χ2v) is 6.32. The molecule has 8 nitrogen and oxygen atoms in total. The Balaban J connectivity index is 1.56. The Morgan fingerprint density at radius 2 is 2.22 bits per heavy atom. The van der Waals surface area contributed by atoms with Gasteiger partial charge in [-0.25, -0.2) is 4.98 Å². The van der Waals surface area contributed by atoms with E-state index in [-0.39, 0.29) is 5.56 Å². The van der Waals surface area contributed by atoms with Gasteiger partial charge in [0, 0.05) is 32.1 Å². The lowest BCUT2D eigenvalue weighted by molar-refractivity contribution is -0.387. The molecule has 1 aliphatic rings. The highest BCUT2D eigenvalue weighted by molar-refractivity contribution is 5.47. The van der Waals surface area contributed by atoms with E-state index in [2.05, 4.69) is 9.97 Å². The van der Waals surface area contributed by atoms with Crippen LogP contribution >= 0.6 is 0 Å². The number of halogens is 1. The van der Waals surface area contributed by atoms with Gasteiger partial charge in [0.1, 0.15) is 0 Å². The summed E-state index contributed by atoms with van der Waals surface area (Å²) in [5, 5.41) is 10.9. The first-order chi connectivity index (χ1) is 13.0. The molecular weight excluding hydrogens is 355 g/mol. The van der Waals surface area contributed by atoms with E-state index in [1.54, 1.807) is 12.1 Å². The van der Waals surface area contributed by atoms with Crippen LogP contribution in [0, 0.1) is 15.9 Å². The van der Waals surface area contributed by atoms with Gasteiger partial charge in [0.05, 0.1) is 22.4 Å². The van der Waals surface area contributed by atoms with Crippen molar-refractivity contribution in [1.82, 2.24) is 14.9 Å². The molecule has 138 valence electrons. The number of fused-ring (bicyclic) bond motifs is 1. The molecule has 27 heavy (non-hydrogen) atoms. The Morgan fingerprint density at radius 3 is 2.96 bits per heavy atom. The molecule has 0 unspecified atom stereocenters. The number of nitro groups is 1. The average Bonchev–Trinajstić information content (AvgIpc) is 3.18. The van der Waals surface area contributed by atoms with Gasteiger partial charge in [0.25, 0.3) is 5.56 Å². The molecule has 0 radical (unpaired) electrons. The minimum atomic E-state index is -0.862. The third kappa shape index (κ3) is 3.36. The van der Waals surface area contributed by atoms with Crippen molar-refractivity contribution in [3.63, 3.8) is 0 Å². The zero-order valence-electron chi connectivity index (χ0n) is 14.1. The minimum Gasteiger partial charge on any atom is -0.461 e. The number of nitrogens with zero attached hydrogens (tertiary/aromatic N) is 3. The summed E-state index contributed by atoms with van der Waals surface area (Å²) in [5.41, 5.74) is 1.11. The molecule has 0 atom stereocenters.